The Balaban J connectivity index is 1.56. The maximum absolute atomic E-state index is 12.7. The summed E-state index contributed by atoms with van der Waals surface area (Å²) in [6.07, 6.45) is 17.9. The van der Waals surface area contributed by atoms with Gasteiger partial charge in [0.05, 0.1) is 0 Å². The molecule has 0 aliphatic carbocycles. The smallest absolute Gasteiger partial charge is 0.224 e. The highest BCUT2D eigenvalue weighted by Gasteiger charge is 2.11. The molecule has 4 nitrogen and oxygen atoms in total. The zero-order chi connectivity index (χ0) is 29.8. The molecule has 0 atom stereocenters. The van der Waals surface area contributed by atoms with Crippen molar-refractivity contribution in [3.8, 4) is 22.3 Å². The predicted molar refractivity (Wildman–Crippen MR) is 180 cm³/mol. The van der Waals surface area contributed by atoms with E-state index in [1.165, 1.54) is 64.2 Å². The van der Waals surface area contributed by atoms with Crippen molar-refractivity contribution in [2.75, 3.05) is 10.6 Å². The molecule has 4 heteroatoms. The molecule has 0 aliphatic rings. The van der Waals surface area contributed by atoms with Crippen LogP contribution in [0, 0.1) is 0 Å². The molecule has 0 aromatic heterocycles. The molecule has 226 valence electrons. The van der Waals surface area contributed by atoms with Crippen molar-refractivity contribution in [3.63, 3.8) is 0 Å². The van der Waals surface area contributed by atoms with E-state index in [1.54, 1.807) is 0 Å². The van der Waals surface area contributed by atoms with Crippen LogP contribution in [0.2, 0.25) is 0 Å². The van der Waals surface area contributed by atoms with E-state index >= 15 is 0 Å². The molecule has 2 amide bonds. The molecular formula is C38H52N2O2. The Bertz CT molecular complexity index is 1110. The number of amides is 2. The van der Waals surface area contributed by atoms with E-state index in [1.807, 2.05) is 36.4 Å². The van der Waals surface area contributed by atoms with Crippen molar-refractivity contribution in [3.05, 3.63) is 72.8 Å². The Morgan fingerprint density at radius 2 is 0.786 bits per heavy atom. The summed E-state index contributed by atoms with van der Waals surface area (Å²) >= 11 is 0. The SMILES string of the molecule is CCCCCCCCCC(=O)Nc1ccccc1-c1ccc(-c2ccccc2NC(=O)CCCCCCCCC)cc1. The Hall–Kier alpha value is -3.40. The summed E-state index contributed by atoms with van der Waals surface area (Å²) in [7, 11) is 0. The lowest BCUT2D eigenvalue weighted by atomic mass is 9.98. The molecule has 2 N–H and O–H groups in total. The number of carbonyl (C=O) groups is 2. The van der Waals surface area contributed by atoms with E-state index in [9.17, 15) is 9.59 Å². The Morgan fingerprint density at radius 3 is 1.17 bits per heavy atom. The van der Waals surface area contributed by atoms with Gasteiger partial charge in [-0.2, -0.15) is 0 Å². The van der Waals surface area contributed by atoms with Gasteiger partial charge in [0.25, 0.3) is 0 Å². The normalized spacial score (nSPS) is 10.9. The Morgan fingerprint density at radius 1 is 0.452 bits per heavy atom. The maximum Gasteiger partial charge on any atom is 0.224 e. The number of nitrogens with one attached hydrogen (secondary N) is 2. The van der Waals surface area contributed by atoms with Gasteiger partial charge in [-0.25, -0.2) is 0 Å². The van der Waals surface area contributed by atoms with Crippen LogP contribution in [-0.2, 0) is 9.59 Å². The van der Waals surface area contributed by atoms with Crippen LogP contribution < -0.4 is 10.6 Å². The number of unbranched alkanes of at least 4 members (excludes halogenated alkanes) is 12. The first-order valence-corrected chi connectivity index (χ1v) is 16.5. The van der Waals surface area contributed by atoms with Crippen LogP contribution >= 0.6 is 0 Å². The molecule has 0 fully saturated rings. The summed E-state index contributed by atoms with van der Waals surface area (Å²) < 4.78 is 0. The zero-order valence-corrected chi connectivity index (χ0v) is 26.1. The molecule has 0 saturated heterocycles. The molecule has 0 unspecified atom stereocenters. The van der Waals surface area contributed by atoms with Gasteiger partial charge >= 0.3 is 0 Å². The second-order valence-electron chi connectivity index (χ2n) is 11.5. The van der Waals surface area contributed by atoms with Crippen LogP contribution in [0.25, 0.3) is 22.3 Å². The largest absolute Gasteiger partial charge is 0.326 e. The van der Waals surface area contributed by atoms with Crippen LogP contribution in [0.3, 0.4) is 0 Å². The zero-order valence-electron chi connectivity index (χ0n) is 26.1. The average molecular weight is 569 g/mol. The topological polar surface area (TPSA) is 58.2 Å². The van der Waals surface area contributed by atoms with Crippen molar-refractivity contribution < 1.29 is 9.59 Å². The fraction of sp³-hybridized carbons (Fsp3) is 0.474. The second-order valence-corrected chi connectivity index (χ2v) is 11.5. The summed E-state index contributed by atoms with van der Waals surface area (Å²) in [6, 6.07) is 24.4. The molecule has 3 aromatic rings. The van der Waals surface area contributed by atoms with Gasteiger partial charge in [0.1, 0.15) is 0 Å². The van der Waals surface area contributed by atoms with Crippen molar-refractivity contribution in [1.29, 1.82) is 0 Å². The van der Waals surface area contributed by atoms with Gasteiger partial charge in [-0.15, -0.1) is 0 Å². The van der Waals surface area contributed by atoms with Crippen LogP contribution in [-0.4, -0.2) is 11.8 Å². The van der Waals surface area contributed by atoms with E-state index < -0.39 is 0 Å². The minimum atomic E-state index is 0.0776. The van der Waals surface area contributed by atoms with Crippen molar-refractivity contribution in [2.45, 2.75) is 117 Å². The van der Waals surface area contributed by atoms with Gasteiger partial charge in [-0.3, -0.25) is 9.59 Å². The van der Waals surface area contributed by atoms with E-state index in [4.69, 9.17) is 0 Å². The minimum absolute atomic E-state index is 0.0776. The first kappa shape index (κ1) is 33.1. The highest BCUT2D eigenvalue weighted by Crippen LogP contribution is 2.33. The third-order valence-electron chi connectivity index (χ3n) is 7.92. The molecule has 3 rings (SSSR count). The number of benzene rings is 3. The highest BCUT2D eigenvalue weighted by molar-refractivity contribution is 5.97. The molecule has 0 aliphatic heterocycles. The fourth-order valence-electron chi connectivity index (χ4n) is 5.43. The molecule has 0 bridgehead atoms. The van der Waals surface area contributed by atoms with E-state index in [2.05, 4.69) is 60.9 Å². The molecule has 0 spiro atoms. The minimum Gasteiger partial charge on any atom is -0.326 e. The van der Waals surface area contributed by atoms with Crippen LogP contribution in [0.15, 0.2) is 72.8 Å². The van der Waals surface area contributed by atoms with E-state index in [-0.39, 0.29) is 11.8 Å². The number of hydrogen-bond acceptors (Lipinski definition) is 2. The first-order valence-electron chi connectivity index (χ1n) is 16.5. The van der Waals surface area contributed by atoms with Gasteiger partial charge in [-0.1, -0.05) is 152 Å². The Labute approximate surface area is 254 Å². The molecule has 0 heterocycles. The van der Waals surface area contributed by atoms with Gasteiger partial charge < -0.3 is 10.6 Å². The molecule has 42 heavy (non-hydrogen) atoms. The quantitative estimate of drug-likeness (QED) is 0.133. The highest BCUT2D eigenvalue weighted by atomic mass is 16.2. The fourth-order valence-corrected chi connectivity index (χ4v) is 5.43. The predicted octanol–water partition coefficient (Wildman–Crippen LogP) is 11.2. The molecule has 0 saturated carbocycles. The number of rotatable bonds is 20. The molecule has 3 aromatic carbocycles. The lowest BCUT2D eigenvalue weighted by Gasteiger charge is -2.14. The Kier molecular flexibility index (Phi) is 15.5. The lowest BCUT2D eigenvalue weighted by molar-refractivity contribution is -0.117. The van der Waals surface area contributed by atoms with Gasteiger partial charge in [-0.05, 0) is 36.1 Å². The average Bonchev–Trinajstić information content (AvgIpc) is 3.01. The standard InChI is InChI=1S/C38H52N2O2/c1-3-5-7-9-11-13-15-25-37(41)39-35-23-19-17-21-33(35)31-27-29-32(30-28-31)34-22-18-20-24-36(34)40-38(42)26-16-14-12-10-8-6-4-2/h17-24,27-30H,3-16,25-26H2,1-2H3,(H,39,41)(H,40,42). The van der Waals surface area contributed by atoms with Crippen molar-refractivity contribution in [2.24, 2.45) is 0 Å². The second kappa shape index (κ2) is 19.7. The van der Waals surface area contributed by atoms with Crippen LogP contribution in [0.5, 0.6) is 0 Å². The molecule has 0 radical (unpaired) electrons. The van der Waals surface area contributed by atoms with Gasteiger partial charge in [0, 0.05) is 35.3 Å². The van der Waals surface area contributed by atoms with Crippen molar-refractivity contribution >= 4 is 23.2 Å². The first-order chi connectivity index (χ1) is 20.6. The van der Waals surface area contributed by atoms with Crippen molar-refractivity contribution in [1.82, 2.24) is 0 Å². The lowest BCUT2D eigenvalue weighted by Crippen LogP contribution is -2.12. The van der Waals surface area contributed by atoms with E-state index in [0.717, 1.165) is 59.3 Å². The molecular weight excluding hydrogens is 516 g/mol. The number of carbonyl (C=O) groups excluding carboxylic acids is 2. The van der Waals surface area contributed by atoms with E-state index in [0.29, 0.717) is 12.8 Å². The summed E-state index contributed by atoms with van der Waals surface area (Å²) in [4.78, 5) is 25.4. The number of anilines is 2. The van der Waals surface area contributed by atoms with Gasteiger partial charge in [0.15, 0.2) is 0 Å². The summed E-state index contributed by atoms with van der Waals surface area (Å²) in [6.45, 7) is 4.46. The monoisotopic (exact) mass is 568 g/mol. The van der Waals surface area contributed by atoms with Gasteiger partial charge in [0.2, 0.25) is 11.8 Å². The summed E-state index contributed by atoms with van der Waals surface area (Å²) in [5, 5.41) is 6.29. The van der Waals surface area contributed by atoms with Crippen LogP contribution in [0.1, 0.15) is 117 Å². The third-order valence-corrected chi connectivity index (χ3v) is 7.92. The number of hydrogen-bond donors (Lipinski definition) is 2. The third kappa shape index (κ3) is 11.8. The number of para-hydroxylation sites is 2. The summed E-state index contributed by atoms with van der Waals surface area (Å²) in [5.74, 6) is 0.155. The maximum atomic E-state index is 12.7. The van der Waals surface area contributed by atoms with Crippen LogP contribution in [0.4, 0.5) is 11.4 Å². The summed E-state index contributed by atoms with van der Waals surface area (Å²) in [5.41, 5.74) is 5.80.